The number of aliphatic hydroxyl groups excluding tert-OH is 2. The molecule has 7 N–H and O–H groups in total. The van der Waals surface area contributed by atoms with Crippen LogP contribution in [0.2, 0.25) is 0 Å². The van der Waals surface area contributed by atoms with Gasteiger partial charge in [0, 0.05) is 49.3 Å². The van der Waals surface area contributed by atoms with Crippen molar-refractivity contribution in [3.8, 4) is 0 Å². The first-order valence-electron chi connectivity index (χ1n) is 12.1. The fourth-order valence-electron chi connectivity index (χ4n) is 3.20. The number of benzene rings is 1. The molecule has 0 aliphatic rings. The Labute approximate surface area is 244 Å². The van der Waals surface area contributed by atoms with Gasteiger partial charge < -0.3 is 31.1 Å². The summed E-state index contributed by atoms with van der Waals surface area (Å²) < 4.78 is 35.5. The summed E-state index contributed by atoms with van der Waals surface area (Å²) in [6.07, 6.45) is 1.46. The number of aliphatic hydroxyl groups is 2. The maximum absolute atomic E-state index is 11.1. The van der Waals surface area contributed by atoms with Crippen LogP contribution in [0, 0.1) is 6.92 Å². The molecule has 0 aliphatic carbocycles. The molecule has 2 aromatic heterocycles. The average Bonchev–Trinajstić information content (AvgIpc) is 2.92. The van der Waals surface area contributed by atoms with E-state index in [1.165, 1.54) is 11.1 Å². The van der Waals surface area contributed by atoms with Crippen LogP contribution in [0.15, 0.2) is 29.3 Å². The van der Waals surface area contributed by atoms with Crippen LogP contribution in [0.25, 0.3) is 0 Å². The summed E-state index contributed by atoms with van der Waals surface area (Å²) in [7, 11) is -4.21. The average molecular weight is 628 g/mol. The van der Waals surface area contributed by atoms with Gasteiger partial charge in [0.15, 0.2) is 0 Å². The second kappa shape index (κ2) is 16.6. The molecule has 3 aromatic rings. The van der Waals surface area contributed by atoms with Gasteiger partial charge in [0.2, 0.25) is 23.8 Å². The lowest BCUT2D eigenvalue weighted by Gasteiger charge is -2.21. The molecule has 21 heteroatoms. The Bertz CT molecular complexity index is 1430. The molecule has 3 rings (SSSR count). The number of anilines is 6. The summed E-state index contributed by atoms with van der Waals surface area (Å²) in [6, 6.07) is 6.97. The molecule has 42 heavy (non-hydrogen) atoms. The van der Waals surface area contributed by atoms with Crippen LogP contribution in [-0.2, 0) is 19.5 Å². The van der Waals surface area contributed by atoms with E-state index in [9.17, 15) is 18.6 Å². The Kier molecular flexibility index (Phi) is 12.9. The molecule has 2 heterocycles. The van der Waals surface area contributed by atoms with Crippen LogP contribution >= 0.6 is 12.0 Å². The summed E-state index contributed by atoms with van der Waals surface area (Å²) in [5.74, 6) is 0.670. The molecule has 0 spiro atoms. The molecule has 0 saturated heterocycles. The Balaban J connectivity index is 1.80. The lowest BCUT2D eigenvalue weighted by atomic mass is 10.3. The molecule has 0 atom stereocenters. The molecule has 228 valence electrons. The highest BCUT2D eigenvalue weighted by atomic mass is 32.2. The van der Waals surface area contributed by atoms with E-state index in [0.29, 0.717) is 17.2 Å². The Morgan fingerprint density at radius 2 is 1.67 bits per heavy atom. The fraction of sp³-hybridized carbons (Fsp3) is 0.381. The number of nitrogens with one attached hydrogen (secondary N) is 3. The molecule has 0 aliphatic heterocycles. The molecule has 1 aromatic carbocycles. The Hall–Kier alpha value is -3.83. The number of aryl methyl sites for hydroxylation is 1. The van der Waals surface area contributed by atoms with E-state index in [1.807, 2.05) is 0 Å². The smallest absolute Gasteiger partial charge is 0.266 e. The third kappa shape index (κ3) is 11.6. The summed E-state index contributed by atoms with van der Waals surface area (Å²) in [5, 5.41) is 39.3. The molecule has 19 nitrogen and oxygen atoms in total. The summed E-state index contributed by atoms with van der Waals surface area (Å²) in [6.45, 7) is 1.27. The van der Waals surface area contributed by atoms with E-state index in [0.717, 1.165) is 12.0 Å². The Morgan fingerprint density at radius 3 is 2.31 bits per heavy atom. The Morgan fingerprint density at radius 1 is 1.00 bits per heavy atom. The highest BCUT2D eigenvalue weighted by Gasteiger charge is 2.15. The predicted molar refractivity (Wildman–Crippen MR) is 154 cm³/mol. The van der Waals surface area contributed by atoms with E-state index in [1.54, 1.807) is 31.2 Å². The number of hydrogen-bond donors (Lipinski definition) is 7. The highest BCUT2D eigenvalue weighted by molar-refractivity contribution is 7.95. The zero-order valence-corrected chi connectivity index (χ0v) is 23.8. The highest BCUT2D eigenvalue weighted by Crippen LogP contribution is 2.23. The van der Waals surface area contributed by atoms with Gasteiger partial charge in [-0.1, -0.05) is 11.1 Å². The van der Waals surface area contributed by atoms with Crippen LogP contribution in [0.1, 0.15) is 5.82 Å². The molecule has 0 unspecified atom stereocenters. The quantitative estimate of drug-likeness (QED) is 0.0256. The van der Waals surface area contributed by atoms with Gasteiger partial charge in [-0.3, -0.25) is 4.55 Å². The molecule has 0 bridgehead atoms. The van der Waals surface area contributed by atoms with Crippen LogP contribution in [-0.4, -0.2) is 109 Å². The minimum atomic E-state index is -4.21. The van der Waals surface area contributed by atoms with Gasteiger partial charge in [0.05, 0.1) is 24.7 Å². The number of hydrogen-bond acceptors (Lipinski definition) is 19. The van der Waals surface area contributed by atoms with E-state index in [4.69, 9.17) is 9.81 Å². The normalized spacial score (nSPS) is 11.5. The van der Waals surface area contributed by atoms with Gasteiger partial charge in [-0.2, -0.15) is 38.3 Å². The first-order chi connectivity index (χ1) is 20.2. The molecule has 0 amide bonds. The van der Waals surface area contributed by atoms with Crippen molar-refractivity contribution in [3.63, 3.8) is 0 Å². The van der Waals surface area contributed by atoms with Crippen LogP contribution in [0.3, 0.4) is 0 Å². The van der Waals surface area contributed by atoms with Gasteiger partial charge in [0.1, 0.15) is 5.82 Å². The second-order valence-electron chi connectivity index (χ2n) is 8.01. The van der Waals surface area contributed by atoms with Gasteiger partial charge >= 0.3 is 0 Å². The third-order valence-electron chi connectivity index (χ3n) is 4.83. The first-order valence-corrected chi connectivity index (χ1v) is 14.6. The van der Waals surface area contributed by atoms with Crippen molar-refractivity contribution < 1.29 is 37.8 Å². The van der Waals surface area contributed by atoms with Crippen molar-refractivity contribution in [2.45, 2.75) is 6.92 Å². The van der Waals surface area contributed by atoms with E-state index in [2.05, 4.69) is 60.2 Å². The van der Waals surface area contributed by atoms with Crippen molar-refractivity contribution >= 4 is 69.5 Å². The minimum Gasteiger partial charge on any atom is -0.395 e. The van der Waals surface area contributed by atoms with Gasteiger partial charge in [-0.25, -0.2) is 10.2 Å². The van der Waals surface area contributed by atoms with Crippen molar-refractivity contribution in [1.82, 2.24) is 29.9 Å². The van der Waals surface area contributed by atoms with E-state index >= 15 is 0 Å². The van der Waals surface area contributed by atoms with Crippen molar-refractivity contribution in [2.24, 2.45) is 4.99 Å². The third-order valence-corrected chi connectivity index (χ3v) is 5.99. The largest absolute Gasteiger partial charge is 0.395 e. The zero-order chi connectivity index (χ0) is 30.4. The summed E-state index contributed by atoms with van der Waals surface area (Å²) in [4.78, 5) is 31.2. The van der Waals surface area contributed by atoms with Gasteiger partial charge in [-0.05, 0) is 25.1 Å². The van der Waals surface area contributed by atoms with Crippen molar-refractivity contribution in [3.05, 3.63) is 30.1 Å². The molecular weight excluding hydrogens is 598 g/mol. The zero-order valence-electron chi connectivity index (χ0n) is 22.2. The molecule has 0 fully saturated rings. The van der Waals surface area contributed by atoms with Gasteiger partial charge in [0.25, 0.3) is 16.1 Å². The van der Waals surface area contributed by atoms with Crippen LogP contribution < -0.4 is 20.9 Å². The number of aromatic nitrogens is 6. The van der Waals surface area contributed by atoms with Crippen LogP contribution in [0.5, 0.6) is 0 Å². The fourth-order valence-corrected chi connectivity index (χ4v) is 3.79. The summed E-state index contributed by atoms with van der Waals surface area (Å²) in [5.41, 5.74) is 1.14. The maximum Gasteiger partial charge on any atom is 0.266 e. The summed E-state index contributed by atoms with van der Waals surface area (Å²) >= 11 is 0.806. The standard InChI is InChI=1S/C21H29N11O8S2/c1-14-24-17(22-5-11-41-40-39-35)28-19(25-14)26-15-3-2-4-16(13-15)27-20-29-18(23-6-12-42(36,37)38)30-21(31-20)32(7-9-33)8-10-34/h2-5,13,33-35H,6-12H2,1H3,(H,36,37,38)(H,24,25,26,28)(H2,23,27,29,30,31)/b22-5+. The molecule has 0 radical (unpaired) electrons. The van der Waals surface area contributed by atoms with E-state index in [-0.39, 0.29) is 68.3 Å². The van der Waals surface area contributed by atoms with Crippen molar-refractivity contribution in [1.29, 1.82) is 0 Å². The lowest BCUT2D eigenvalue weighted by Crippen LogP contribution is -2.32. The van der Waals surface area contributed by atoms with Gasteiger partial charge in [-0.15, -0.1) is 4.33 Å². The topological polar surface area (TPSA) is 263 Å². The molecule has 0 saturated carbocycles. The second-order valence-corrected chi connectivity index (χ2v) is 10.3. The van der Waals surface area contributed by atoms with E-state index < -0.39 is 15.9 Å². The number of rotatable bonds is 18. The monoisotopic (exact) mass is 627 g/mol. The number of nitrogens with zero attached hydrogens (tertiary/aromatic N) is 8. The van der Waals surface area contributed by atoms with Crippen LogP contribution in [0.4, 0.5) is 41.1 Å². The number of aliphatic imine (C=N–C) groups is 1. The minimum absolute atomic E-state index is 0.00361. The predicted octanol–water partition coefficient (Wildman–Crippen LogP) is 0.715. The first kappa shape index (κ1) is 32.7. The SMILES string of the molecule is Cc1nc(/N=C/CSOOO)nc(Nc2cccc(Nc3nc(NCCS(=O)(=O)O)nc(N(CCO)CCO)n3)c2)n1. The maximum atomic E-state index is 11.1. The molecular formula is C21H29N11O8S2. The lowest BCUT2D eigenvalue weighted by molar-refractivity contribution is -0.432. The van der Waals surface area contributed by atoms with Crippen molar-refractivity contribution in [2.75, 3.05) is 65.2 Å².